The molecule has 1 heterocycles. The molecule has 0 fully saturated rings. The fourth-order valence-corrected chi connectivity index (χ4v) is 2.79. The van der Waals surface area contributed by atoms with Crippen molar-refractivity contribution in [2.45, 2.75) is 18.2 Å². The van der Waals surface area contributed by atoms with E-state index in [1.807, 2.05) is 6.92 Å². The number of aryl methyl sites for hydroxylation is 1. The number of fused-ring (bicyclic) bond motifs is 1. The molecule has 0 aliphatic rings. The largest absolute Gasteiger partial charge is 0.294 e. The van der Waals surface area contributed by atoms with E-state index in [4.69, 9.17) is 4.55 Å². The van der Waals surface area contributed by atoms with E-state index in [-0.39, 0.29) is 4.90 Å². The maximum absolute atomic E-state index is 10.9. The van der Waals surface area contributed by atoms with Gasteiger partial charge in [-0.25, -0.2) is 4.98 Å². The summed E-state index contributed by atoms with van der Waals surface area (Å²) >= 11 is 1.44. The van der Waals surface area contributed by atoms with Gasteiger partial charge in [-0.05, 0) is 24.6 Å². The van der Waals surface area contributed by atoms with Crippen molar-refractivity contribution in [1.82, 2.24) is 4.98 Å². The smallest absolute Gasteiger partial charge is 0.282 e. The molecule has 1 aromatic heterocycles. The molecule has 1 aromatic carbocycles. The lowest BCUT2D eigenvalue weighted by atomic mass is 10.3. The second-order valence-electron chi connectivity index (χ2n) is 3.07. The summed E-state index contributed by atoms with van der Waals surface area (Å²) in [5.74, 6) is 0. The third-order valence-corrected chi connectivity index (χ3v) is 4.02. The number of nitrogens with zero attached hydrogens (tertiary/aromatic N) is 1. The fourth-order valence-electron chi connectivity index (χ4n) is 1.26. The summed E-state index contributed by atoms with van der Waals surface area (Å²) < 4.78 is 31.4. The third-order valence-electron chi connectivity index (χ3n) is 2.00. The lowest BCUT2D eigenvalue weighted by Gasteiger charge is -1.94. The molecule has 0 saturated carbocycles. The second kappa shape index (κ2) is 3.55. The molecule has 0 spiro atoms. The van der Waals surface area contributed by atoms with Crippen LogP contribution in [0.3, 0.4) is 0 Å². The molecule has 4 nitrogen and oxygen atoms in total. The Morgan fingerprint density at radius 3 is 2.80 bits per heavy atom. The van der Waals surface area contributed by atoms with E-state index in [9.17, 15) is 8.42 Å². The molecule has 0 aliphatic carbocycles. The first-order chi connectivity index (χ1) is 7.00. The first-order valence-electron chi connectivity index (χ1n) is 4.37. The van der Waals surface area contributed by atoms with Gasteiger partial charge in [0.15, 0.2) is 0 Å². The average Bonchev–Trinajstić information content (AvgIpc) is 2.57. The second-order valence-corrected chi connectivity index (χ2v) is 5.60. The molecule has 2 aromatic rings. The Balaban J connectivity index is 2.66. The Kier molecular flexibility index (Phi) is 2.49. The number of hydrogen-bond acceptors (Lipinski definition) is 4. The van der Waals surface area contributed by atoms with Crippen LogP contribution >= 0.6 is 11.3 Å². The van der Waals surface area contributed by atoms with E-state index in [1.165, 1.54) is 23.5 Å². The molecule has 15 heavy (non-hydrogen) atoms. The molecule has 1 N–H and O–H groups in total. The van der Waals surface area contributed by atoms with Crippen LogP contribution in [0.5, 0.6) is 0 Å². The van der Waals surface area contributed by atoms with Crippen molar-refractivity contribution in [1.29, 1.82) is 0 Å². The molecule has 0 unspecified atom stereocenters. The summed E-state index contributed by atoms with van der Waals surface area (Å²) in [6.45, 7) is 1.99. The average molecular weight is 243 g/mol. The van der Waals surface area contributed by atoms with Crippen LogP contribution in [0.4, 0.5) is 0 Å². The van der Waals surface area contributed by atoms with Crippen molar-refractivity contribution in [3.63, 3.8) is 0 Å². The number of rotatable bonds is 2. The molecule has 2 rings (SSSR count). The standard InChI is InChI=1S/C9H9NO3S2/c1-2-9-10-7-4-3-6(15(11,12)13)5-8(7)14-9/h3-5H,2H2,1H3,(H,11,12,13). The van der Waals surface area contributed by atoms with Crippen LogP contribution in [0.15, 0.2) is 23.1 Å². The Bertz CT molecular complexity index is 601. The van der Waals surface area contributed by atoms with Gasteiger partial charge in [-0.3, -0.25) is 4.55 Å². The highest BCUT2D eigenvalue weighted by Crippen LogP contribution is 2.25. The third kappa shape index (κ3) is 2.01. The first-order valence-corrected chi connectivity index (χ1v) is 6.63. The molecule has 80 valence electrons. The van der Waals surface area contributed by atoms with Crippen molar-refractivity contribution in [3.05, 3.63) is 23.2 Å². The van der Waals surface area contributed by atoms with Gasteiger partial charge in [0.05, 0.1) is 20.1 Å². The van der Waals surface area contributed by atoms with Gasteiger partial charge in [-0.2, -0.15) is 8.42 Å². The van der Waals surface area contributed by atoms with Crippen molar-refractivity contribution < 1.29 is 13.0 Å². The highest BCUT2D eigenvalue weighted by Gasteiger charge is 2.11. The van der Waals surface area contributed by atoms with E-state index in [0.717, 1.165) is 21.6 Å². The van der Waals surface area contributed by atoms with Crippen molar-refractivity contribution in [2.24, 2.45) is 0 Å². The lowest BCUT2D eigenvalue weighted by molar-refractivity contribution is 0.483. The van der Waals surface area contributed by atoms with E-state index in [0.29, 0.717) is 0 Å². The molecule has 6 heteroatoms. The summed E-state index contributed by atoms with van der Waals surface area (Å²) in [5, 5.41) is 0.956. The molecular formula is C9H9NO3S2. The molecule has 0 atom stereocenters. The van der Waals surface area contributed by atoms with Gasteiger partial charge in [-0.15, -0.1) is 11.3 Å². The van der Waals surface area contributed by atoms with Gasteiger partial charge < -0.3 is 0 Å². The van der Waals surface area contributed by atoms with E-state index >= 15 is 0 Å². The molecule has 0 bridgehead atoms. The van der Waals surface area contributed by atoms with Gasteiger partial charge in [0.25, 0.3) is 10.1 Å². The highest BCUT2D eigenvalue weighted by atomic mass is 32.2. The van der Waals surface area contributed by atoms with Crippen molar-refractivity contribution in [2.75, 3.05) is 0 Å². The molecule has 0 saturated heterocycles. The highest BCUT2D eigenvalue weighted by molar-refractivity contribution is 7.85. The minimum absolute atomic E-state index is 0.0821. The Labute approximate surface area is 91.3 Å². The monoisotopic (exact) mass is 243 g/mol. The fraction of sp³-hybridized carbons (Fsp3) is 0.222. The van der Waals surface area contributed by atoms with E-state index in [2.05, 4.69) is 4.98 Å². The summed E-state index contributed by atoms with van der Waals surface area (Å²) in [6.07, 6.45) is 0.820. The minimum atomic E-state index is -4.11. The molecule has 0 amide bonds. The summed E-state index contributed by atoms with van der Waals surface area (Å²) in [7, 11) is -4.11. The molecular weight excluding hydrogens is 234 g/mol. The maximum Gasteiger partial charge on any atom is 0.294 e. The van der Waals surface area contributed by atoms with Crippen LogP contribution < -0.4 is 0 Å². The van der Waals surface area contributed by atoms with Crippen LogP contribution in [-0.2, 0) is 16.5 Å². The van der Waals surface area contributed by atoms with Gasteiger partial charge in [0, 0.05) is 0 Å². The zero-order valence-electron chi connectivity index (χ0n) is 7.97. The topological polar surface area (TPSA) is 67.3 Å². The van der Waals surface area contributed by atoms with Crippen molar-refractivity contribution >= 4 is 31.7 Å². The molecule has 0 aliphatic heterocycles. The van der Waals surface area contributed by atoms with Gasteiger partial charge in [-0.1, -0.05) is 6.92 Å². The van der Waals surface area contributed by atoms with Crippen LogP contribution in [0, 0.1) is 0 Å². The number of aromatic nitrogens is 1. The first kappa shape index (κ1) is 10.5. The lowest BCUT2D eigenvalue weighted by Crippen LogP contribution is -1.96. The van der Waals surface area contributed by atoms with Gasteiger partial charge in [0.2, 0.25) is 0 Å². The zero-order chi connectivity index (χ0) is 11.1. The quantitative estimate of drug-likeness (QED) is 0.820. The summed E-state index contributed by atoms with van der Waals surface area (Å²) in [5.41, 5.74) is 0.768. The van der Waals surface area contributed by atoms with E-state index < -0.39 is 10.1 Å². The number of benzene rings is 1. The van der Waals surface area contributed by atoms with Crippen molar-refractivity contribution in [3.8, 4) is 0 Å². The SMILES string of the molecule is CCc1nc2ccc(S(=O)(=O)O)cc2s1. The van der Waals surface area contributed by atoms with Gasteiger partial charge in [0.1, 0.15) is 0 Å². The van der Waals surface area contributed by atoms with Crippen LogP contribution in [-0.4, -0.2) is 18.0 Å². The number of thiazole rings is 1. The Morgan fingerprint density at radius 1 is 1.47 bits per heavy atom. The Morgan fingerprint density at radius 2 is 2.20 bits per heavy atom. The predicted molar refractivity (Wildman–Crippen MR) is 58.8 cm³/mol. The van der Waals surface area contributed by atoms with Gasteiger partial charge >= 0.3 is 0 Å². The normalized spacial score (nSPS) is 12.1. The zero-order valence-corrected chi connectivity index (χ0v) is 9.60. The van der Waals surface area contributed by atoms with Crippen LogP contribution in [0.25, 0.3) is 10.2 Å². The van der Waals surface area contributed by atoms with Crippen LogP contribution in [0.2, 0.25) is 0 Å². The summed E-state index contributed by atoms with van der Waals surface area (Å²) in [4.78, 5) is 4.21. The van der Waals surface area contributed by atoms with E-state index in [1.54, 1.807) is 6.07 Å². The van der Waals surface area contributed by atoms with Crippen LogP contribution in [0.1, 0.15) is 11.9 Å². The molecule has 0 radical (unpaired) electrons. The summed E-state index contributed by atoms with van der Waals surface area (Å²) in [6, 6.07) is 4.41. The number of hydrogen-bond donors (Lipinski definition) is 1. The maximum atomic E-state index is 10.9. The minimum Gasteiger partial charge on any atom is -0.282 e. The Hall–Kier alpha value is -0.980. The predicted octanol–water partition coefficient (Wildman–Crippen LogP) is 2.11.